The van der Waals surface area contributed by atoms with Gasteiger partial charge in [-0.15, -0.1) is 0 Å². The zero-order valence-electron chi connectivity index (χ0n) is 11.7. The van der Waals surface area contributed by atoms with E-state index in [0.717, 1.165) is 0 Å². The molecule has 0 aliphatic heterocycles. The summed E-state index contributed by atoms with van der Waals surface area (Å²) in [6.07, 6.45) is 0. The molecule has 0 radical (unpaired) electrons. The normalized spacial score (nSPS) is 10.9. The molecule has 2 N–H and O–H groups in total. The van der Waals surface area contributed by atoms with Crippen molar-refractivity contribution >= 4 is 11.9 Å². The summed E-state index contributed by atoms with van der Waals surface area (Å²) in [7, 11) is 0. The van der Waals surface area contributed by atoms with Gasteiger partial charge in [0.1, 0.15) is 11.1 Å². The largest absolute Gasteiger partial charge is 0.477 e. The van der Waals surface area contributed by atoms with Crippen molar-refractivity contribution in [2.24, 2.45) is 0 Å². The summed E-state index contributed by atoms with van der Waals surface area (Å²) in [5.41, 5.74) is -8.92. The van der Waals surface area contributed by atoms with Crippen LogP contribution in [0.5, 0.6) is 0 Å². The maximum Gasteiger partial charge on any atom is 0.341 e. The van der Waals surface area contributed by atoms with Crippen molar-refractivity contribution in [3.05, 3.63) is 57.7 Å². The number of carbonyl (C=O) groups is 2. The highest BCUT2D eigenvalue weighted by molar-refractivity contribution is 5.93. The first-order valence-corrected chi connectivity index (χ1v) is 6.12. The van der Waals surface area contributed by atoms with Gasteiger partial charge in [0.05, 0.1) is 11.1 Å². The second kappa shape index (κ2) is 6.28. The summed E-state index contributed by atoms with van der Waals surface area (Å²) >= 11 is 0. The lowest BCUT2D eigenvalue weighted by Crippen LogP contribution is -2.15. The fourth-order valence-corrected chi connectivity index (χ4v) is 2.08. The third-order valence-corrected chi connectivity index (χ3v) is 3.20. The molecule has 2 rings (SSSR count). The predicted octanol–water partition coefficient (Wildman–Crippen LogP) is 3.86. The lowest BCUT2D eigenvalue weighted by molar-refractivity contribution is 0.0672. The van der Waals surface area contributed by atoms with Crippen LogP contribution in [0.15, 0.2) is 0 Å². The van der Waals surface area contributed by atoms with Crippen LogP contribution < -0.4 is 0 Å². The lowest BCUT2D eigenvalue weighted by Gasteiger charge is -2.14. The van der Waals surface area contributed by atoms with Crippen LogP contribution in [0.2, 0.25) is 0 Å². The first kappa shape index (κ1) is 19.1. The Hall–Kier alpha value is -3.18. The maximum atomic E-state index is 14.1. The molecule has 0 saturated heterocycles. The van der Waals surface area contributed by atoms with Gasteiger partial charge in [0.25, 0.3) is 0 Å². The summed E-state index contributed by atoms with van der Waals surface area (Å²) < 4.78 is 110. The van der Waals surface area contributed by atoms with E-state index in [1.165, 1.54) is 0 Å². The van der Waals surface area contributed by atoms with Gasteiger partial charge in [-0.1, -0.05) is 0 Å². The number of aromatic carboxylic acids is 2. The van der Waals surface area contributed by atoms with Gasteiger partial charge in [-0.25, -0.2) is 44.7 Å². The van der Waals surface area contributed by atoms with Crippen LogP contribution in [0, 0.1) is 46.5 Å². The van der Waals surface area contributed by atoms with E-state index in [1.54, 1.807) is 0 Å². The molecule has 12 heteroatoms. The highest BCUT2D eigenvalue weighted by Crippen LogP contribution is 2.38. The van der Waals surface area contributed by atoms with Crippen molar-refractivity contribution in [2.75, 3.05) is 0 Å². The van der Waals surface area contributed by atoms with E-state index < -0.39 is 80.7 Å². The minimum Gasteiger partial charge on any atom is -0.477 e. The Kier molecular flexibility index (Phi) is 4.62. The van der Waals surface area contributed by atoms with Gasteiger partial charge >= 0.3 is 11.9 Å². The van der Waals surface area contributed by atoms with Gasteiger partial charge in [0.2, 0.25) is 0 Å². The molecule has 0 unspecified atom stereocenters. The topological polar surface area (TPSA) is 74.6 Å². The molecular formula is C14H2F8O4. The third-order valence-electron chi connectivity index (χ3n) is 3.20. The van der Waals surface area contributed by atoms with Gasteiger partial charge in [-0.3, -0.25) is 0 Å². The number of hydrogen-bond acceptors (Lipinski definition) is 2. The number of hydrogen-bond donors (Lipinski definition) is 2. The van der Waals surface area contributed by atoms with Crippen LogP contribution in [0.25, 0.3) is 11.1 Å². The van der Waals surface area contributed by atoms with E-state index in [9.17, 15) is 44.7 Å². The number of carboxylic acid groups (broad SMARTS) is 2. The summed E-state index contributed by atoms with van der Waals surface area (Å²) in [6.45, 7) is 0. The molecule has 0 aliphatic carbocycles. The van der Waals surface area contributed by atoms with Crippen LogP contribution in [0.4, 0.5) is 35.1 Å². The number of carboxylic acids is 2. The van der Waals surface area contributed by atoms with Crippen molar-refractivity contribution < 1.29 is 54.9 Å². The Morgan fingerprint density at radius 2 is 0.731 bits per heavy atom. The fraction of sp³-hybridized carbons (Fsp3) is 0. The number of halogens is 8. The maximum absolute atomic E-state index is 14.1. The van der Waals surface area contributed by atoms with Crippen molar-refractivity contribution in [1.29, 1.82) is 0 Å². The number of rotatable bonds is 3. The van der Waals surface area contributed by atoms with Gasteiger partial charge in [-0.2, -0.15) is 0 Å². The average molecular weight is 386 g/mol. The van der Waals surface area contributed by atoms with Crippen molar-refractivity contribution in [1.82, 2.24) is 0 Å². The first-order chi connectivity index (χ1) is 11.9. The highest BCUT2D eigenvalue weighted by Gasteiger charge is 2.36. The van der Waals surface area contributed by atoms with Crippen LogP contribution in [0.1, 0.15) is 20.7 Å². The summed E-state index contributed by atoms with van der Waals surface area (Å²) in [5.74, 6) is -26.1. The van der Waals surface area contributed by atoms with Gasteiger partial charge in [0.15, 0.2) is 46.5 Å². The molecule has 26 heavy (non-hydrogen) atoms. The second-order valence-electron chi connectivity index (χ2n) is 4.62. The van der Waals surface area contributed by atoms with Crippen LogP contribution in [-0.4, -0.2) is 22.2 Å². The molecule has 0 spiro atoms. The van der Waals surface area contributed by atoms with Crippen molar-refractivity contribution in [3.8, 4) is 11.1 Å². The van der Waals surface area contributed by atoms with Crippen LogP contribution >= 0.6 is 0 Å². The molecular weight excluding hydrogens is 384 g/mol. The van der Waals surface area contributed by atoms with Gasteiger partial charge in [-0.05, 0) is 0 Å². The second-order valence-corrected chi connectivity index (χ2v) is 4.62. The molecule has 0 atom stereocenters. The van der Waals surface area contributed by atoms with Crippen molar-refractivity contribution in [2.45, 2.75) is 0 Å². The molecule has 0 fully saturated rings. The van der Waals surface area contributed by atoms with E-state index in [-0.39, 0.29) is 0 Å². The Morgan fingerprint density at radius 1 is 0.462 bits per heavy atom. The molecule has 4 nitrogen and oxygen atoms in total. The Balaban J connectivity index is 3.13. The fourth-order valence-electron chi connectivity index (χ4n) is 2.08. The van der Waals surface area contributed by atoms with Crippen molar-refractivity contribution in [3.63, 3.8) is 0 Å². The summed E-state index contributed by atoms with van der Waals surface area (Å²) in [6, 6.07) is 0. The quantitative estimate of drug-likeness (QED) is 0.477. The van der Waals surface area contributed by atoms with Gasteiger partial charge in [0, 0.05) is 0 Å². The smallest absolute Gasteiger partial charge is 0.341 e. The number of benzene rings is 2. The molecule has 0 bridgehead atoms. The zero-order chi connectivity index (χ0) is 20.1. The molecule has 0 heterocycles. The molecule has 0 aromatic heterocycles. The monoisotopic (exact) mass is 386 g/mol. The van der Waals surface area contributed by atoms with E-state index in [0.29, 0.717) is 0 Å². The highest BCUT2D eigenvalue weighted by atomic mass is 19.2. The Labute approximate surface area is 136 Å². The van der Waals surface area contributed by atoms with E-state index in [2.05, 4.69) is 0 Å². The summed E-state index contributed by atoms with van der Waals surface area (Å²) in [4.78, 5) is 21.5. The Bertz CT molecular complexity index is 907. The van der Waals surface area contributed by atoms with Crippen LogP contribution in [-0.2, 0) is 0 Å². The van der Waals surface area contributed by atoms with Gasteiger partial charge < -0.3 is 10.2 Å². The SMILES string of the molecule is O=C(O)c1c(F)c(F)c(F)c(-c2c(F)c(F)c(F)c(C(=O)O)c2F)c1F. The lowest BCUT2D eigenvalue weighted by atomic mass is 9.96. The molecule has 138 valence electrons. The molecule has 0 aliphatic rings. The predicted molar refractivity (Wildman–Crippen MR) is 65.5 cm³/mol. The average Bonchev–Trinajstić information content (AvgIpc) is 2.53. The first-order valence-electron chi connectivity index (χ1n) is 6.12. The van der Waals surface area contributed by atoms with Crippen LogP contribution in [0.3, 0.4) is 0 Å². The minimum absolute atomic E-state index is 2.20. The molecule has 2 aromatic carbocycles. The minimum atomic E-state index is -2.70. The summed E-state index contributed by atoms with van der Waals surface area (Å²) in [5, 5.41) is 17.3. The zero-order valence-corrected chi connectivity index (χ0v) is 11.7. The van der Waals surface area contributed by atoms with E-state index in [1.807, 2.05) is 0 Å². The van der Waals surface area contributed by atoms with E-state index in [4.69, 9.17) is 10.2 Å². The standard InChI is InChI=1S/C14H2F8O4/c15-5-1(7(17)11(21)9(19)3(5)13(23)24)2-6(16)4(14(25)26)10(20)12(22)8(2)18/h(H,23,24)(H,25,26). The molecule has 0 amide bonds. The Morgan fingerprint density at radius 3 is 0.962 bits per heavy atom. The molecule has 2 aromatic rings. The molecule has 0 saturated carbocycles. The third kappa shape index (κ3) is 2.53. The van der Waals surface area contributed by atoms with E-state index >= 15 is 0 Å².